The van der Waals surface area contributed by atoms with Gasteiger partial charge in [0.1, 0.15) is 0 Å². The van der Waals surface area contributed by atoms with Gasteiger partial charge in [-0.3, -0.25) is 9.59 Å². The van der Waals surface area contributed by atoms with Crippen LogP contribution in [0.2, 0.25) is 0 Å². The van der Waals surface area contributed by atoms with Crippen molar-refractivity contribution < 1.29 is 27.9 Å². The summed E-state index contributed by atoms with van der Waals surface area (Å²) in [6.07, 6.45) is -2.91. The summed E-state index contributed by atoms with van der Waals surface area (Å²) < 4.78 is 39.3. The molecule has 3 aliphatic rings. The molecule has 1 amide bonds. The number of fused-ring (bicyclic) bond motifs is 2. The molecule has 0 spiro atoms. The maximum atomic E-state index is 13.1. The molecule has 0 saturated carbocycles. The fourth-order valence-corrected chi connectivity index (χ4v) is 3.86. The summed E-state index contributed by atoms with van der Waals surface area (Å²) >= 11 is 0. The van der Waals surface area contributed by atoms with Crippen LogP contribution in [0.25, 0.3) is 0 Å². The Hall–Kier alpha value is -1.31. The van der Waals surface area contributed by atoms with Gasteiger partial charge in [0.25, 0.3) is 0 Å². The lowest BCUT2D eigenvalue weighted by Crippen LogP contribution is -2.49. The molecule has 0 aliphatic carbocycles. The van der Waals surface area contributed by atoms with Crippen LogP contribution < -0.4 is 5.32 Å². The number of amides is 1. The van der Waals surface area contributed by atoms with Crippen LogP contribution in [0.3, 0.4) is 0 Å². The SMILES string of the molecule is O=C(C1CC2CCC1N2)N1CCC(C(=O)O)(C(F)(F)F)C1. The molecule has 3 rings (SSSR count). The first kappa shape index (κ1) is 14.6. The molecule has 2 N–H and O–H groups in total. The quantitative estimate of drug-likeness (QED) is 0.798. The van der Waals surface area contributed by atoms with Crippen LogP contribution in [0.5, 0.6) is 0 Å². The number of hydrogen-bond donors (Lipinski definition) is 2. The second-order valence-corrected chi connectivity index (χ2v) is 6.28. The van der Waals surface area contributed by atoms with Gasteiger partial charge in [0.2, 0.25) is 5.91 Å². The number of nitrogens with one attached hydrogen (secondary N) is 1. The van der Waals surface area contributed by atoms with Crippen LogP contribution in [0.4, 0.5) is 13.2 Å². The number of carbonyl (C=O) groups excluding carboxylic acids is 1. The minimum atomic E-state index is -4.85. The van der Waals surface area contributed by atoms with Gasteiger partial charge < -0.3 is 15.3 Å². The molecule has 3 saturated heterocycles. The molecule has 3 aliphatic heterocycles. The molecule has 4 unspecified atom stereocenters. The van der Waals surface area contributed by atoms with Crippen molar-refractivity contribution in [3.8, 4) is 0 Å². The summed E-state index contributed by atoms with van der Waals surface area (Å²) in [7, 11) is 0. The zero-order chi connectivity index (χ0) is 15.4. The largest absolute Gasteiger partial charge is 0.481 e. The Kier molecular flexibility index (Phi) is 3.20. The molecule has 2 bridgehead atoms. The highest BCUT2D eigenvalue weighted by molar-refractivity contribution is 5.83. The van der Waals surface area contributed by atoms with Crippen molar-refractivity contribution in [3.63, 3.8) is 0 Å². The van der Waals surface area contributed by atoms with E-state index >= 15 is 0 Å². The van der Waals surface area contributed by atoms with Gasteiger partial charge in [-0.2, -0.15) is 13.2 Å². The number of likely N-dealkylation sites (tertiary alicyclic amines) is 1. The Morgan fingerprint density at radius 3 is 2.43 bits per heavy atom. The van der Waals surface area contributed by atoms with Crippen LogP contribution in [0, 0.1) is 11.3 Å². The monoisotopic (exact) mass is 306 g/mol. The highest BCUT2D eigenvalue weighted by Crippen LogP contribution is 2.46. The smallest absolute Gasteiger partial charge is 0.406 e. The van der Waals surface area contributed by atoms with Gasteiger partial charge in [-0.15, -0.1) is 0 Å². The van der Waals surface area contributed by atoms with Gasteiger partial charge in [0.15, 0.2) is 5.41 Å². The number of alkyl halides is 3. The van der Waals surface area contributed by atoms with E-state index in [1.54, 1.807) is 0 Å². The van der Waals surface area contributed by atoms with Crippen LogP contribution in [-0.2, 0) is 9.59 Å². The topological polar surface area (TPSA) is 69.6 Å². The van der Waals surface area contributed by atoms with Crippen molar-refractivity contribution in [2.45, 2.75) is 43.9 Å². The first-order chi connectivity index (χ1) is 9.74. The predicted octanol–water partition coefficient (Wildman–Crippen LogP) is 0.992. The van der Waals surface area contributed by atoms with E-state index in [2.05, 4.69) is 5.32 Å². The molecule has 0 aromatic carbocycles. The van der Waals surface area contributed by atoms with Gasteiger partial charge in [-0.1, -0.05) is 0 Å². The predicted molar refractivity (Wildman–Crippen MR) is 65.4 cm³/mol. The Bertz CT molecular complexity index is 482. The zero-order valence-electron chi connectivity index (χ0n) is 11.3. The molecule has 118 valence electrons. The highest BCUT2D eigenvalue weighted by Gasteiger charge is 2.64. The number of nitrogens with zero attached hydrogens (tertiary/aromatic N) is 1. The third-order valence-corrected chi connectivity index (χ3v) is 5.15. The van der Waals surface area contributed by atoms with E-state index in [0.29, 0.717) is 6.42 Å². The number of halogens is 3. The number of carboxylic acid groups (broad SMARTS) is 1. The van der Waals surface area contributed by atoms with E-state index in [9.17, 15) is 22.8 Å². The lowest BCUT2D eigenvalue weighted by molar-refractivity contribution is -0.227. The number of rotatable bonds is 2. The summed E-state index contributed by atoms with van der Waals surface area (Å²) in [5.41, 5.74) is -2.81. The molecule has 5 nitrogen and oxygen atoms in total. The highest BCUT2D eigenvalue weighted by atomic mass is 19.4. The first-order valence-electron chi connectivity index (χ1n) is 7.09. The van der Waals surface area contributed by atoms with Crippen molar-refractivity contribution in [3.05, 3.63) is 0 Å². The Labute approximate surface area is 119 Å². The fourth-order valence-electron chi connectivity index (χ4n) is 3.86. The standard InChI is InChI=1S/C13H17F3N2O3/c14-13(15,16)12(11(20)21)3-4-18(6-12)10(19)8-5-7-1-2-9(8)17-7/h7-9,17H,1-6H2,(H,20,21). The van der Waals surface area contributed by atoms with Gasteiger partial charge in [0.05, 0.1) is 5.92 Å². The molecular formula is C13H17F3N2O3. The molecule has 3 fully saturated rings. The van der Waals surface area contributed by atoms with E-state index < -0.39 is 30.5 Å². The van der Waals surface area contributed by atoms with Crippen LogP contribution in [0.15, 0.2) is 0 Å². The molecule has 8 heteroatoms. The van der Waals surface area contributed by atoms with E-state index in [0.717, 1.165) is 17.7 Å². The molecule has 4 atom stereocenters. The summed E-state index contributed by atoms with van der Waals surface area (Å²) in [6.45, 7) is -0.906. The Balaban J connectivity index is 1.74. The lowest BCUT2D eigenvalue weighted by Gasteiger charge is -2.29. The molecule has 21 heavy (non-hydrogen) atoms. The van der Waals surface area contributed by atoms with Crippen LogP contribution >= 0.6 is 0 Å². The molecule has 0 aromatic heterocycles. The summed E-state index contributed by atoms with van der Waals surface area (Å²) in [6, 6.07) is 0.312. The van der Waals surface area contributed by atoms with E-state index in [4.69, 9.17) is 5.11 Å². The van der Waals surface area contributed by atoms with Gasteiger partial charge >= 0.3 is 12.1 Å². The van der Waals surface area contributed by atoms with Gasteiger partial charge in [0, 0.05) is 25.2 Å². The zero-order valence-corrected chi connectivity index (χ0v) is 11.3. The van der Waals surface area contributed by atoms with Gasteiger partial charge in [-0.25, -0.2) is 0 Å². The van der Waals surface area contributed by atoms with Crippen molar-refractivity contribution >= 4 is 11.9 Å². The molecule has 3 heterocycles. The number of aliphatic carboxylic acids is 1. The van der Waals surface area contributed by atoms with Crippen molar-refractivity contribution in [1.29, 1.82) is 0 Å². The van der Waals surface area contributed by atoms with Crippen molar-refractivity contribution in [1.82, 2.24) is 10.2 Å². The third-order valence-electron chi connectivity index (χ3n) is 5.15. The fraction of sp³-hybridized carbons (Fsp3) is 0.846. The summed E-state index contributed by atoms with van der Waals surface area (Å²) in [4.78, 5) is 24.6. The lowest BCUT2D eigenvalue weighted by atomic mass is 9.86. The van der Waals surface area contributed by atoms with Crippen LogP contribution in [-0.4, -0.2) is 53.2 Å². The number of carbonyl (C=O) groups is 2. The molecule has 0 aromatic rings. The van der Waals surface area contributed by atoms with E-state index in [1.165, 1.54) is 0 Å². The van der Waals surface area contributed by atoms with Gasteiger partial charge in [-0.05, 0) is 25.7 Å². The second kappa shape index (κ2) is 4.59. The second-order valence-electron chi connectivity index (χ2n) is 6.28. The molecular weight excluding hydrogens is 289 g/mol. The number of hydrogen-bond acceptors (Lipinski definition) is 3. The van der Waals surface area contributed by atoms with E-state index in [1.807, 2.05) is 0 Å². The maximum absolute atomic E-state index is 13.1. The normalized spacial score (nSPS) is 39.0. The summed E-state index contributed by atoms with van der Waals surface area (Å²) in [5.74, 6) is -2.53. The third kappa shape index (κ3) is 2.11. The first-order valence-corrected chi connectivity index (χ1v) is 7.09. The average Bonchev–Trinajstić information content (AvgIpc) is 3.11. The maximum Gasteiger partial charge on any atom is 0.406 e. The molecule has 0 radical (unpaired) electrons. The van der Waals surface area contributed by atoms with Crippen molar-refractivity contribution in [2.75, 3.05) is 13.1 Å². The average molecular weight is 306 g/mol. The summed E-state index contributed by atoms with van der Waals surface area (Å²) in [5, 5.41) is 12.3. The van der Waals surface area contributed by atoms with Crippen LogP contribution in [0.1, 0.15) is 25.7 Å². The van der Waals surface area contributed by atoms with Crippen molar-refractivity contribution in [2.24, 2.45) is 11.3 Å². The minimum Gasteiger partial charge on any atom is -0.481 e. The Morgan fingerprint density at radius 1 is 1.29 bits per heavy atom. The Morgan fingerprint density at radius 2 is 2.00 bits per heavy atom. The number of carboxylic acids is 1. The van der Waals surface area contributed by atoms with E-state index in [-0.39, 0.29) is 30.5 Å². The minimum absolute atomic E-state index is 0.0354.